The molecule has 4 aromatic rings. The summed E-state index contributed by atoms with van der Waals surface area (Å²) < 4.78 is 58.2. The number of aromatic nitrogens is 6. The summed E-state index contributed by atoms with van der Waals surface area (Å²) in [4.78, 5) is 12.4. The molecule has 1 N–H and O–H groups in total. The molecule has 3 aromatic heterocycles. The van der Waals surface area contributed by atoms with Crippen LogP contribution in [0.25, 0.3) is 16.5 Å². The van der Waals surface area contributed by atoms with E-state index in [4.69, 9.17) is 9.47 Å². The molecule has 15 heteroatoms. The van der Waals surface area contributed by atoms with E-state index in [1.54, 1.807) is 18.2 Å². The predicted molar refractivity (Wildman–Crippen MR) is 141 cm³/mol. The van der Waals surface area contributed by atoms with Crippen molar-refractivity contribution in [3.05, 3.63) is 52.0 Å². The third kappa shape index (κ3) is 5.15. The smallest absolute Gasteiger partial charge is 0.243 e. The zero-order valence-corrected chi connectivity index (χ0v) is 23.6. The van der Waals surface area contributed by atoms with E-state index < -0.39 is 20.9 Å². The summed E-state index contributed by atoms with van der Waals surface area (Å²) in [6, 6.07) is 5.08. The summed E-state index contributed by atoms with van der Waals surface area (Å²) in [5.74, 6) is 0.484. The number of ether oxygens (including phenoxy) is 2. The monoisotopic (exact) mass is 611 g/mol. The number of alkyl halides is 1. The van der Waals surface area contributed by atoms with Gasteiger partial charge in [0.1, 0.15) is 22.4 Å². The van der Waals surface area contributed by atoms with Crippen LogP contribution in [0.15, 0.2) is 40.4 Å². The maximum atomic E-state index is 15.8. The van der Waals surface area contributed by atoms with Gasteiger partial charge in [-0.2, -0.15) is 0 Å². The summed E-state index contributed by atoms with van der Waals surface area (Å²) >= 11 is 4.49. The number of aryl methyl sites for hydroxylation is 1. The minimum absolute atomic E-state index is 0.204. The van der Waals surface area contributed by atoms with E-state index >= 15 is 4.39 Å². The van der Waals surface area contributed by atoms with Crippen molar-refractivity contribution >= 4 is 43.2 Å². The maximum absolute atomic E-state index is 15.8. The maximum Gasteiger partial charge on any atom is 0.243 e. The first-order valence-electron chi connectivity index (χ1n) is 10.8. The molecule has 0 fully saturated rings. The third-order valence-electron chi connectivity index (χ3n) is 5.62. The number of para-hydroxylation sites is 1. The van der Waals surface area contributed by atoms with E-state index in [2.05, 4.69) is 45.8 Å². The highest BCUT2D eigenvalue weighted by Crippen LogP contribution is 2.39. The number of thiazole rings is 1. The van der Waals surface area contributed by atoms with E-state index in [-0.39, 0.29) is 17.6 Å². The lowest BCUT2D eigenvalue weighted by Crippen LogP contribution is -2.41. The first-order chi connectivity index (χ1) is 17.5. The molecule has 0 saturated heterocycles. The minimum atomic E-state index is -4.40. The van der Waals surface area contributed by atoms with Crippen molar-refractivity contribution in [3.8, 4) is 28.0 Å². The lowest BCUT2D eigenvalue weighted by Gasteiger charge is -2.26. The van der Waals surface area contributed by atoms with Gasteiger partial charge in [-0.25, -0.2) is 27.8 Å². The number of methoxy groups -OCH3 is 2. The highest BCUT2D eigenvalue weighted by atomic mass is 79.9. The topological polar surface area (TPSA) is 134 Å². The van der Waals surface area contributed by atoms with Gasteiger partial charge in [-0.1, -0.05) is 6.07 Å². The van der Waals surface area contributed by atoms with Gasteiger partial charge in [0.15, 0.2) is 22.3 Å². The summed E-state index contributed by atoms with van der Waals surface area (Å²) in [6.07, 6.45) is 2.69. The summed E-state index contributed by atoms with van der Waals surface area (Å²) in [5, 5.41) is 8.97. The number of hydrogen-bond donors (Lipinski definition) is 1. The molecule has 0 aliphatic carbocycles. The quantitative estimate of drug-likeness (QED) is 0.294. The Morgan fingerprint density at radius 1 is 1.16 bits per heavy atom. The Balaban J connectivity index is 1.84. The standard InChI is InChI=1S/C22H23BrFN7O4S2/c1-12-11-36-19(27-12)18-28-29-21(31(18)17-15(34-4)7-6-8-16(17)35-5)30-37(32,33)13(2)22(3,24)20-25-9-14(23)10-26-20/h6-11,13H,1-5H3,(H,29,30)/t13-,22-/m0/s1. The zero-order valence-electron chi connectivity index (χ0n) is 20.4. The minimum Gasteiger partial charge on any atom is -0.494 e. The fourth-order valence-electron chi connectivity index (χ4n) is 3.46. The molecule has 0 spiro atoms. The summed E-state index contributed by atoms with van der Waals surface area (Å²) in [6.45, 7) is 4.16. The average Bonchev–Trinajstić information content (AvgIpc) is 3.48. The Labute approximate surface area is 225 Å². The van der Waals surface area contributed by atoms with Crippen LogP contribution in [0.3, 0.4) is 0 Å². The van der Waals surface area contributed by atoms with Crippen molar-refractivity contribution in [1.29, 1.82) is 0 Å². The van der Waals surface area contributed by atoms with Crippen LogP contribution < -0.4 is 14.2 Å². The van der Waals surface area contributed by atoms with E-state index in [1.807, 2.05) is 12.3 Å². The molecule has 4 rings (SSSR count). The van der Waals surface area contributed by atoms with Crippen molar-refractivity contribution in [3.63, 3.8) is 0 Å². The summed E-state index contributed by atoms with van der Waals surface area (Å²) in [5.41, 5.74) is -1.35. The van der Waals surface area contributed by atoms with Gasteiger partial charge in [-0.15, -0.1) is 21.5 Å². The van der Waals surface area contributed by atoms with Gasteiger partial charge in [0.05, 0.1) is 18.7 Å². The second kappa shape index (κ2) is 10.3. The van der Waals surface area contributed by atoms with Gasteiger partial charge < -0.3 is 9.47 Å². The van der Waals surface area contributed by atoms with Crippen LogP contribution in [0.5, 0.6) is 11.5 Å². The number of halogens is 2. The Kier molecular flexibility index (Phi) is 7.48. The van der Waals surface area contributed by atoms with Gasteiger partial charge in [0.2, 0.25) is 16.0 Å². The van der Waals surface area contributed by atoms with Crippen molar-refractivity contribution in [2.75, 3.05) is 18.9 Å². The molecule has 0 saturated carbocycles. The molecule has 196 valence electrons. The molecule has 37 heavy (non-hydrogen) atoms. The van der Waals surface area contributed by atoms with Crippen molar-refractivity contribution in [2.24, 2.45) is 0 Å². The number of rotatable bonds is 9. The average molecular weight is 613 g/mol. The van der Waals surface area contributed by atoms with Gasteiger partial charge in [0.25, 0.3) is 0 Å². The van der Waals surface area contributed by atoms with Crippen LogP contribution in [0.4, 0.5) is 10.3 Å². The molecular weight excluding hydrogens is 589 g/mol. The number of nitrogens with zero attached hydrogens (tertiary/aromatic N) is 6. The molecule has 0 radical (unpaired) electrons. The van der Waals surface area contributed by atoms with Crippen molar-refractivity contribution in [1.82, 2.24) is 29.7 Å². The second-order valence-electron chi connectivity index (χ2n) is 8.08. The lowest BCUT2D eigenvalue weighted by molar-refractivity contribution is 0.175. The van der Waals surface area contributed by atoms with Gasteiger partial charge in [0, 0.05) is 23.5 Å². The fraction of sp³-hybridized carbons (Fsp3) is 0.318. The largest absolute Gasteiger partial charge is 0.494 e. The number of sulfonamides is 1. The lowest BCUT2D eigenvalue weighted by atomic mass is 10.0. The SMILES string of the molecule is COc1cccc(OC)c1-n1c(NS(=O)(=O)[C@@H](C)[C@](C)(F)c2ncc(Br)cn2)nnc1-c1nc(C)cs1. The van der Waals surface area contributed by atoms with Crippen molar-refractivity contribution in [2.45, 2.75) is 31.7 Å². The normalized spacial score (nSPS) is 14.1. The number of hydrogen-bond acceptors (Lipinski definition) is 10. The molecular formula is C22H23BrFN7O4S2. The van der Waals surface area contributed by atoms with Gasteiger partial charge in [-0.3, -0.25) is 9.29 Å². The molecule has 0 aliphatic rings. The molecule has 2 atom stereocenters. The number of nitrogens with one attached hydrogen (secondary N) is 1. The number of anilines is 1. The highest BCUT2D eigenvalue weighted by molar-refractivity contribution is 9.10. The number of benzene rings is 1. The predicted octanol–water partition coefficient (Wildman–Crippen LogP) is 4.28. The molecule has 3 heterocycles. The highest BCUT2D eigenvalue weighted by Gasteiger charge is 2.45. The van der Waals surface area contributed by atoms with Crippen LogP contribution >= 0.6 is 27.3 Å². The first-order valence-corrected chi connectivity index (χ1v) is 14.0. The molecule has 11 nitrogen and oxygen atoms in total. The van der Waals surface area contributed by atoms with E-state index in [0.717, 1.165) is 12.6 Å². The second-order valence-corrected chi connectivity index (χ2v) is 11.9. The van der Waals surface area contributed by atoms with Gasteiger partial charge >= 0.3 is 0 Å². The van der Waals surface area contributed by atoms with E-state index in [9.17, 15) is 8.42 Å². The first kappa shape index (κ1) is 26.9. The van der Waals surface area contributed by atoms with Crippen molar-refractivity contribution < 1.29 is 22.3 Å². The molecule has 0 aliphatic heterocycles. The van der Waals surface area contributed by atoms with E-state index in [0.29, 0.717) is 26.7 Å². The van der Waals surface area contributed by atoms with Crippen LogP contribution in [0.2, 0.25) is 0 Å². The van der Waals surface area contributed by atoms with Crippen LogP contribution in [-0.2, 0) is 15.7 Å². The van der Waals surface area contributed by atoms with Crippen LogP contribution in [0, 0.1) is 6.92 Å². The molecule has 0 bridgehead atoms. The Bertz CT molecular complexity index is 1500. The Morgan fingerprint density at radius 3 is 2.32 bits per heavy atom. The Morgan fingerprint density at radius 2 is 1.78 bits per heavy atom. The van der Waals surface area contributed by atoms with Crippen LogP contribution in [0.1, 0.15) is 25.4 Å². The third-order valence-corrected chi connectivity index (χ3v) is 8.82. The zero-order chi connectivity index (χ0) is 27.0. The Hall–Kier alpha value is -3.17. The van der Waals surface area contributed by atoms with E-state index in [1.165, 1.54) is 49.4 Å². The van der Waals surface area contributed by atoms with Gasteiger partial charge in [-0.05, 0) is 48.8 Å². The van der Waals surface area contributed by atoms with Crippen LogP contribution in [-0.4, -0.2) is 57.6 Å². The summed E-state index contributed by atoms with van der Waals surface area (Å²) in [7, 11) is -1.47. The molecule has 1 aromatic carbocycles. The molecule has 0 amide bonds. The fourth-order valence-corrected chi connectivity index (χ4v) is 5.69. The molecule has 0 unspecified atom stereocenters.